The predicted molar refractivity (Wildman–Crippen MR) is 77.4 cm³/mol. The molecule has 6 nitrogen and oxygen atoms in total. The quantitative estimate of drug-likeness (QED) is 0.363. The van der Waals surface area contributed by atoms with Gasteiger partial charge in [-0.05, 0) is 18.6 Å². The molecule has 0 radical (unpaired) electrons. The molecule has 128 valence electrons. The third kappa shape index (κ3) is 2.75. The van der Waals surface area contributed by atoms with Gasteiger partial charge in [0.25, 0.3) is 0 Å². The van der Waals surface area contributed by atoms with Crippen LogP contribution in [0.15, 0.2) is 24.3 Å². The lowest BCUT2D eigenvalue weighted by molar-refractivity contribution is -0.675. The summed E-state index contributed by atoms with van der Waals surface area (Å²) in [4.78, 5) is 22.2. The lowest BCUT2D eigenvalue weighted by Gasteiger charge is -2.34. The van der Waals surface area contributed by atoms with Crippen molar-refractivity contribution in [3.05, 3.63) is 39.9 Å². The summed E-state index contributed by atoms with van der Waals surface area (Å²) in [7, 11) is 0. The standard InChI is InChI=1S/C15H13F3N2O4/c1-2-3-4-7-10-19-12-9-6-5-8-11(12)14(20(22)23,15(16,17)18)24-13(19)21/h5-6,8-9H,2-4H2,1H3. The van der Waals surface area contributed by atoms with Gasteiger partial charge >= 0.3 is 18.0 Å². The molecule has 1 atom stereocenters. The molecule has 1 aromatic carbocycles. The van der Waals surface area contributed by atoms with Gasteiger partial charge < -0.3 is 4.74 Å². The summed E-state index contributed by atoms with van der Waals surface area (Å²) in [5, 5.41) is 11.2. The Labute approximate surface area is 135 Å². The molecule has 0 spiro atoms. The number of unbranched alkanes of at least 4 members (excludes halogenated alkanes) is 2. The van der Waals surface area contributed by atoms with Crippen LogP contribution in [0.3, 0.4) is 0 Å². The number of hydrogen-bond donors (Lipinski definition) is 0. The van der Waals surface area contributed by atoms with Crippen LogP contribution >= 0.6 is 0 Å². The van der Waals surface area contributed by atoms with E-state index in [0.29, 0.717) is 11.3 Å². The van der Waals surface area contributed by atoms with E-state index < -0.39 is 28.5 Å². The van der Waals surface area contributed by atoms with Crippen LogP contribution in [0.4, 0.5) is 23.7 Å². The van der Waals surface area contributed by atoms with Gasteiger partial charge in [-0.3, -0.25) is 10.1 Å². The van der Waals surface area contributed by atoms with Gasteiger partial charge in [-0.25, -0.2) is 9.69 Å². The van der Waals surface area contributed by atoms with Crippen molar-refractivity contribution in [3.8, 4) is 12.0 Å². The van der Waals surface area contributed by atoms with E-state index in [1.165, 1.54) is 12.1 Å². The molecule has 24 heavy (non-hydrogen) atoms. The summed E-state index contributed by atoms with van der Waals surface area (Å²) in [5.41, 5.74) is -5.04. The first-order chi connectivity index (χ1) is 11.3. The molecule has 1 heterocycles. The highest BCUT2D eigenvalue weighted by Gasteiger charge is 2.74. The predicted octanol–water partition coefficient (Wildman–Crippen LogP) is 3.79. The Kier molecular flexibility index (Phi) is 4.68. The molecular weight excluding hydrogens is 329 g/mol. The summed E-state index contributed by atoms with van der Waals surface area (Å²) >= 11 is 0. The van der Waals surface area contributed by atoms with Crippen molar-refractivity contribution in [1.82, 2.24) is 0 Å². The van der Waals surface area contributed by atoms with Crippen molar-refractivity contribution in [1.29, 1.82) is 0 Å². The minimum absolute atomic E-state index is 0.313. The number of hydrogen-bond acceptors (Lipinski definition) is 4. The Morgan fingerprint density at radius 3 is 2.62 bits per heavy atom. The third-order valence-electron chi connectivity index (χ3n) is 3.42. The molecule has 9 heteroatoms. The number of alkyl halides is 3. The Hall–Kier alpha value is -2.76. The Morgan fingerprint density at radius 1 is 1.38 bits per heavy atom. The molecule has 0 saturated carbocycles. The number of benzene rings is 1. The van der Waals surface area contributed by atoms with Crippen LogP contribution in [0.2, 0.25) is 0 Å². The smallest absolute Gasteiger partial charge is 0.367 e. The van der Waals surface area contributed by atoms with Gasteiger partial charge in [0.2, 0.25) is 0 Å². The van der Waals surface area contributed by atoms with E-state index in [-0.39, 0.29) is 5.69 Å². The SMILES string of the molecule is CCCCC#CN1C(=O)OC([N+](=O)[O-])(C(F)(F)F)c2ccccc21. The topological polar surface area (TPSA) is 72.7 Å². The highest BCUT2D eigenvalue weighted by atomic mass is 19.4. The van der Waals surface area contributed by atoms with E-state index in [0.717, 1.165) is 25.0 Å². The van der Waals surface area contributed by atoms with Crippen molar-refractivity contribution >= 4 is 11.8 Å². The number of carbonyl (C=O) groups excluding carboxylic acids is 1. The molecule has 1 amide bonds. The molecule has 0 aliphatic carbocycles. The molecule has 2 rings (SSSR count). The number of halogens is 3. The van der Waals surface area contributed by atoms with Gasteiger partial charge in [-0.15, -0.1) is 0 Å². The Balaban J connectivity index is 2.60. The maximum absolute atomic E-state index is 13.4. The number of amides is 1. The largest absolute Gasteiger partial charge is 0.508 e. The molecule has 0 bridgehead atoms. The maximum Gasteiger partial charge on any atom is 0.508 e. The molecule has 0 saturated heterocycles. The first-order valence-electron chi connectivity index (χ1n) is 7.08. The molecule has 1 aromatic rings. The van der Waals surface area contributed by atoms with E-state index in [9.17, 15) is 28.1 Å². The molecular formula is C15H13F3N2O4. The molecule has 1 unspecified atom stereocenters. The zero-order valence-corrected chi connectivity index (χ0v) is 12.6. The second-order valence-corrected chi connectivity index (χ2v) is 5.01. The van der Waals surface area contributed by atoms with Crippen molar-refractivity contribution in [2.45, 2.75) is 38.1 Å². The molecule has 1 aliphatic rings. The number of rotatable bonds is 3. The average molecular weight is 342 g/mol. The van der Waals surface area contributed by atoms with Gasteiger partial charge in [0, 0.05) is 12.5 Å². The van der Waals surface area contributed by atoms with Crippen LogP contribution < -0.4 is 4.90 Å². The van der Waals surface area contributed by atoms with Crippen LogP contribution in [0.25, 0.3) is 0 Å². The van der Waals surface area contributed by atoms with E-state index in [2.05, 4.69) is 16.7 Å². The number of nitrogens with zero attached hydrogens (tertiary/aromatic N) is 2. The second kappa shape index (κ2) is 6.39. The minimum Gasteiger partial charge on any atom is -0.367 e. The molecule has 0 fully saturated rings. The van der Waals surface area contributed by atoms with Gasteiger partial charge in [-0.2, -0.15) is 13.2 Å². The fraction of sp³-hybridized carbons (Fsp3) is 0.400. The zero-order valence-electron chi connectivity index (χ0n) is 12.6. The van der Waals surface area contributed by atoms with E-state index in [4.69, 9.17) is 0 Å². The van der Waals surface area contributed by atoms with Crippen molar-refractivity contribution < 1.29 is 27.6 Å². The summed E-state index contributed by atoms with van der Waals surface area (Å²) in [5.74, 6) is 2.65. The number of carbonyl (C=O) groups is 1. The minimum atomic E-state index is -5.43. The lowest BCUT2D eigenvalue weighted by atomic mass is 9.98. The number of cyclic esters (lactones) is 1. The van der Waals surface area contributed by atoms with E-state index in [1.807, 2.05) is 6.92 Å². The summed E-state index contributed by atoms with van der Waals surface area (Å²) < 4.78 is 44.5. The number of fused-ring (bicyclic) bond motifs is 1. The van der Waals surface area contributed by atoms with Crippen molar-refractivity contribution in [2.24, 2.45) is 0 Å². The zero-order chi connectivity index (χ0) is 18.0. The van der Waals surface area contributed by atoms with Gasteiger partial charge in [0.1, 0.15) is 5.56 Å². The van der Waals surface area contributed by atoms with E-state index in [1.54, 1.807) is 0 Å². The fourth-order valence-corrected chi connectivity index (χ4v) is 2.24. The third-order valence-corrected chi connectivity index (χ3v) is 3.42. The number of para-hydroxylation sites is 1. The lowest BCUT2D eigenvalue weighted by Crippen LogP contribution is -2.57. The van der Waals surface area contributed by atoms with Gasteiger partial charge in [0.15, 0.2) is 0 Å². The molecule has 0 N–H and O–H groups in total. The number of nitro groups is 1. The first kappa shape index (κ1) is 17.6. The van der Waals surface area contributed by atoms with Gasteiger partial charge in [-0.1, -0.05) is 31.4 Å². The van der Waals surface area contributed by atoms with Crippen LogP contribution in [-0.2, 0) is 10.5 Å². The first-order valence-corrected chi connectivity index (χ1v) is 7.08. The molecule has 0 aromatic heterocycles. The van der Waals surface area contributed by atoms with Crippen LogP contribution in [0, 0.1) is 22.1 Å². The fourth-order valence-electron chi connectivity index (χ4n) is 2.24. The number of ether oxygens (including phenoxy) is 1. The monoisotopic (exact) mass is 342 g/mol. The maximum atomic E-state index is 13.4. The molecule has 1 aliphatic heterocycles. The van der Waals surface area contributed by atoms with E-state index >= 15 is 0 Å². The highest BCUT2D eigenvalue weighted by molar-refractivity contribution is 5.94. The van der Waals surface area contributed by atoms with Crippen LogP contribution in [0.1, 0.15) is 31.7 Å². The second-order valence-electron chi connectivity index (χ2n) is 5.01. The normalized spacial score (nSPS) is 19.8. The summed E-state index contributed by atoms with van der Waals surface area (Å²) in [6.07, 6.45) is -4.93. The van der Waals surface area contributed by atoms with Gasteiger partial charge in [0.05, 0.1) is 10.6 Å². The van der Waals surface area contributed by atoms with Crippen molar-refractivity contribution in [2.75, 3.05) is 4.90 Å². The average Bonchev–Trinajstić information content (AvgIpc) is 2.51. The highest BCUT2D eigenvalue weighted by Crippen LogP contribution is 2.49. The van der Waals surface area contributed by atoms with Crippen molar-refractivity contribution in [3.63, 3.8) is 0 Å². The van der Waals surface area contributed by atoms with Crippen LogP contribution in [0.5, 0.6) is 0 Å². The van der Waals surface area contributed by atoms with Crippen LogP contribution in [-0.4, -0.2) is 17.2 Å². The summed E-state index contributed by atoms with van der Waals surface area (Å²) in [6.45, 7) is 1.93. The Bertz CT molecular complexity index is 723. The summed E-state index contributed by atoms with van der Waals surface area (Å²) in [6, 6.07) is 7.03. The number of anilines is 1. The Morgan fingerprint density at radius 2 is 2.04 bits per heavy atom.